The predicted octanol–water partition coefficient (Wildman–Crippen LogP) is 2.42. The number of carbonyl (C=O) groups excluding carboxylic acids is 1. The van der Waals surface area contributed by atoms with Crippen molar-refractivity contribution >= 4 is 12.0 Å². The molecule has 0 radical (unpaired) electrons. The molecule has 5 nitrogen and oxygen atoms in total. The monoisotopic (exact) mass is 316 g/mol. The minimum absolute atomic E-state index is 0.000524. The van der Waals surface area contributed by atoms with Gasteiger partial charge in [-0.15, -0.1) is 6.42 Å². The Morgan fingerprint density at radius 2 is 1.87 bits per heavy atom. The number of carbonyl (C=O) groups is 2. The second-order valence-electron chi connectivity index (χ2n) is 5.83. The van der Waals surface area contributed by atoms with Crippen LogP contribution < -0.4 is 10.6 Å². The fourth-order valence-electron chi connectivity index (χ4n) is 2.19. The Balaban J connectivity index is 2.66. The van der Waals surface area contributed by atoms with E-state index in [0.29, 0.717) is 12.8 Å². The molecule has 2 unspecified atom stereocenters. The molecule has 0 aliphatic heterocycles. The first-order valence-electron chi connectivity index (χ1n) is 7.71. The van der Waals surface area contributed by atoms with E-state index >= 15 is 0 Å². The van der Waals surface area contributed by atoms with Gasteiger partial charge in [0.15, 0.2) is 0 Å². The maximum atomic E-state index is 12.1. The molecular formula is C18H24N2O3. The van der Waals surface area contributed by atoms with Crippen LogP contribution in [0.4, 0.5) is 4.79 Å². The van der Waals surface area contributed by atoms with E-state index < -0.39 is 5.97 Å². The number of rotatable bonds is 8. The van der Waals surface area contributed by atoms with Crippen molar-refractivity contribution in [2.45, 2.75) is 45.2 Å². The molecule has 3 N–H and O–H groups in total. The summed E-state index contributed by atoms with van der Waals surface area (Å²) in [6, 6.07) is 8.65. The summed E-state index contributed by atoms with van der Waals surface area (Å²) in [5.41, 5.74) is 1.04. The molecule has 0 aromatic heterocycles. The maximum absolute atomic E-state index is 12.1. The van der Waals surface area contributed by atoms with Gasteiger partial charge in [-0.05, 0) is 24.3 Å². The van der Waals surface area contributed by atoms with Crippen LogP contribution in [0.2, 0.25) is 0 Å². The lowest BCUT2D eigenvalue weighted by Gasteiger charge is -2.22. The van der Waals surface area contributed by atoms with Crippen LogP contribution in [-0.4, -0.2) is 29.2 Å². The summed E-state index contributed by atoms with van der Waals surface area (Å²) >= 11 is 0. The zero-order chi connectivity index (χ0) is 17.2. The molecule has 5 heteroatoms. The van der Waals surface area contributed by atoms with Crippen molar-refractivity contribution in [3.05, 3.63) is 35.9 Å². The van der Waals surface area contributed by atoms with E-state index in [9.17, 15) is 9.59 Å². The highest BCUT2D eigenvalue weighted by Gasteiger charge is 2.18. The number of benzene rings is 1. The van der Waals surface area contributed by atoms with E-state index in [1.807, 2.05) is 44.2 Å². The minimum Gasteiger partial charge on any atom is -0.481 e. The number of amides is 2. The largest absolute Gasteiger partial charge is 0.481 e. The van der Waals surface area contributed by atoms with Crippen LogP contribution in [0.25, 0.3) is 0 Å². The lowest BCUT2D eigenvalue weighted by molar-refractivity contribution is -0.137. The molecule has 1 rings (SSSR count). The summed E-state index contributed by atoms with van der Waals surface area (Å²) in [6.07, 6.45) is 6.34. The van der Waals surface area contributed by atoms with Gasteiger partial charge in [-0.1, -0.05) is 50.1 Å². The van der Waals surface area contributed by atoms with Gasteiger partial charge in [0.25, 0.3) is 0 Å². The molecular weight excluding hydrogens is 292 g/mol. The van der Waals surface area contributed by atoms with Gasteiger partial charge < -0.3 is 15.7 Å². The Kier molecular flexibility index (Phi) is 7.69. The lowest BCUT2D eigenvalue weighted by atomic mass is 10.0. The summed E-state index contributed by atoms with van der Waals surface area (Å²) in [5, 5.41) is 14.4. The second kappa shape index (κ2) is 9.52. The lowest BCUT2D eigenvalue weighted by Crippen LogP contribution is -2.48. The molecule has 2 amide bonds. The molecule has 0 spiro atoms. The zero-order valence-electron chi connectivity index (χ0n) is 13.6. The van der Waals surface area contributed by atoms with Crippen LogP contribution >= 0.6 is 0 Å². The predicted molar refractivity (Wildman–Crippen MR) is 89.9 cm³/mol. The average Bonchev–Trinajstić information content (AvgIpc) is 2.51. The highest BCUT2D eigenvalue weighted by molar-refractivity contribution is 5.75. The number of hydrogen-bond acceptors (Lipinski definition) is 2. The molecule has 0 saturated heterocycles. The van der Waals surface area contributed by atoms with E-state index in [2.05, 4.69) is 16.6 Å². The zero-order valence-corrected chi connectivity index (χ0v) is 13.6. The van der Waals surface area contributed by atoms with Crippen LogP contribution in [0, 0.1) is 18.3 Å². The molecule has 0 aliphatic carbocycles. The first kappa shape index (κ1) is 18.6. The van der Waals surface area contributed by atoms with Crippen molar-refractivity contribution < 1.29 is 14.7 Å². The minimum atomic E-state index is -0.881. The summed E-state index contributed by atoms with van der Waals surface area (Å²) < 4.78 is 0. The third-order valence-corrected chi connectivity index (χ3v) is 3.50. The Morgan fingerprint density at radius 3 is 2.39 bits per heavy atom. The molecule has 124 valence electrons. The molecule has 0 heterocycles. The van der Waals surface area contributed by atoms with Gasteiger partial charge in [-0.3, -0.25) is 4.79 Å². The van der Waals surface area contributed by atoms with Gasteiger partial charge in [0.05, 0.1) is 6.04 Å². The summed E-state index contributed by atoms with van der Waals surface area (Å²) in [7, 11) is 0. The molecule has 1 aromatic carbocycles. The Hall–Kier alpha value is -2.48. The van der Waals surface area contributed by atoms with Gasteiger partial charge in [0, 0.05) is 12.5 Å². The Morgan fingerprint density at radius 1 is 1.22 bits per heavy atom. The first-order chi connectivity index (χ1) is 10.9. The topological polar surface area (TPSA) is 78.4 Å². The second-order valence-corrected chi connectivity index (χ2v) is 5.83. The van der Waals surface area contributed by atoms with Crippen molar-refractivity contribution in [1.82, 2.24) is 10.6 Å². The number of carboxylic acid groups (broad SMARTS) is 1. The highest BCUT2D eigenvalue weighted by atomic mass is 16.4. The van der Waals surface area contributed by atoms with Crippen LogP contribution in [-0.2, 0) is 11.2 Å². The fraction of sp³-hybridized carbons (Fsp3) is 0.444. The number of nitrogens with one attached hydrogen (secondary N) is 2. The van der Waals surface area contributed by atoms with Crippen LogP contribution in [0.5, 0.6) is 0 Å². The van der Waals surface area contributed by atoms with Crippen molar-refractivity contribution in [3.63, 3.8) is 0 Å². The molecule has 0 saturated carbocycles. The van der Waals surface area contributed by atoms with E-state index in [0.717, 1.165) is 5.56 Å². The maximum Gasteiger partial charge on any atom is 0.316 e. The van der Waals surface area contributed by atoms with Gasteiger partial charge in [-0.2, -0.15) is 0 Å². The van der Waals surface area contributed by atoms with Crippen molar-refractivity contribution in [1.29, 1.82) is 0 Å². The smallest absolute Gasteiger partial charge is 0.316 e. The summed E-state index contributed by atoms with van der Waals surface area (Å²) in [6.45, 7) is 3.85. The third kappa shape index (κ3) is 7.37. The average molecular weight is 316 g/mol. The van der Waals surface area contributed by atoms with Crippen LogP contribution in [0.1, 0.15) is 32.3 Å². The Bertz CT molecular complexity index is 549. The molecule has 1 aromatic rings. The van der Waals surface area contributed by atoms with E-state index in [1.54, 1.807) is 0 Å². The van der Waals surface area contributed by atoms with Gasteiger partial charge >= 0.3 is 12.0 Å². The Labute approximate surface area is 137 Å². The molecule has 0 bridgehead atoms. The third-order valence-electron chi connectivity index (χ3n) is 3.50. The van der Waals surface area contributed by atoms with Crippen LogP contribution in [0.15, 0.2) is 30.3 Å². The van der Waals surface area contributed by atoms with Gasteiger partial charge in [0.2, 0.25) is 0 Å². The number of urea groups is 1. The number of hydrogen-bond donors (Lipinski definition) is 3. The van der Waals surface area contributed by atoms with E-state index in [-0.39, 0.29) is 30.5 Å². The quantitative estimate of drug-likeness (QED) is 0.645. The normalized spacial score (nSPS) is 13.0. The number of terminal acetylenes is 1. The summed E-state index contributed by atoms with van der Waals surface area (Å²) in [5.74, 6) is 1.78. The number of aliphatic carboxylic acids is 1. The van der Waals surface area contributed by atoms with Gasteiger partial charge in [-0.25, -0.2) is 4.79 Å². The standard InChI is InChI=1S/C18H24N2O3/c1-4-16(13(2)3)20-18(23)19-15(10-11-17(21)22)12-14-8-6-5-7-9-14/h1,5-9,13,15-16H,10-12H2,2-3H3,(H,21,22)(H2,19,20,23). The van der Waals surface area contributed by atoms with Crippen LogP contribution in [0.3, 0.4) is 0 Å². The SMILES string of the molecule is C#CC(NC(=O)NC(CCC(=O)O)Cc1ccccc1)C(C)C. The fourth-order valence-corrected chi connectivity index (χ4v) is 2.19. The van der Waals surface area contributed by atoms with Crippen molar-refractivity contribution in [2.24, 2.45) is 5.92 Å². The first-order valence-corrected chi connectivity index (χ1v) is 7.71. The molecule has 0 fully saturated rings. The van der Waals surface area contributed by atoms with Crippen molar-refractivity contribution in [2.75, 3.05) is 0 Å². The highest BCUT2D eigenvalue weighted by Crippen LogP contribution is 2.08. The molecule has 0 aliphatic rings. The summed E-state index contributed by atoms with van der Waals surface area (Å²) in [4.78, 5) is 22.9. The van der Waals surface area contributed by atoms with Gasteiger partial charge in [0.1, 0.15) is 0 Å². The van der Waals surface area contributed by atoms with Crippen molar-refractivity contribution in [3.8, 4) is 12.3 Å². The number of carboxylic acids is 1. The molecule has 2 atom stereocenters. The van der Waals surface area contributed by atoms with E-state index in [4.69, 9.17) is 11.5 Å². The van der Waals surface area contributed by atoms with E-state index in [1.165, 1.54) is 0 Å². The molecule has 23 heavy (non-hydrogen) atoms.